The number of benzene rings is 2. The number of nitrogens with zero attached hydrogens (tertiary/aromatic N) is 6. The summed E-state index contributed by atoms with van der Waals surface area (Å²) in [5.41, 5.74) is 12.2. The number of hydrogen-bond donors (Lipinski definition) is 4. The number of β-amino-alcohol motifs (C(OH)–C–C–N with tert-alkyl or cyclic N) is 1. The lowest BCUT2D eigenvalue weighted by atomic mass is 9.91. The molecule has 2 aromatic carbocycles. The van der Waals surface area contributed by atoms with E-state index in [9.17, 15) is 10.2 Å². The van der Waals surface area contributed by atoms with Gasteiger partial charge in [-0.15, -0.1) is 0 Å². The van der Waals surface area contributed by atoms with Gasteiger partial charge in [0.2, 0.25) is 0 Å². The van der Waals surface area contributed by atoms with Gasteiger partial charge in [0.25, 0.3) is 0 Å². The Morgan fingerprint density at radius 1 is 0.898 bits per heavy atom. The predicted octanol–water partition coefficient (Wildman–Crippen LogP) is 5.62. The van der Waals surface area contributed by atoms with Crippen LogP contribution >= 0.6 is 0 Å². The van der Waals surface area contributed by atoms with E-state index in [-0.39, 0.29) is 6.10 Å². The molecule has 0 aliphatic carbocycles. The maximum Gasteiger partial charge on any atom is 0.156 e. The van der Waals surface area contributed by atoms with Gasteiger partial charge in [-0.25, -0.2) is 15.0 Å². The molecule has 49 heavy (non-hydrogen) atoms. The molecule has 10 heteroatoms. The first-order chi connectivity index (χ1) is 23.8. The minimum Gasteiger partial charge on any atom is -0.392 e. The van der Waals surface area contributed by atoms with Crippen molar-refractivity contribution in [3.63, 3.8) is 0 Å². The van der Waals surface area contributed by atoms with E-state index in [1.807, 2.05) is 30.7 Å². The Morgan fingerprint density at radius 2 is 1.69 bits per heavy atom. The number of anilines is 2. The zero-order valence-electron chi connectivity index (χ0n) is 28.2. The van der Waals surface area contributed by atoms with E-state index in [0.29, 0.717) is 26.1 Å². The molecule has 0 unspecified atom stereocenters. The van der Waals surface area contributed by atoms with Crippen molar-refractivity contribution in [2.45, 2.75) is 58.9 Å². The second-order valence-corrected chi connectivity index (χ2v) is 13.1. The van der Waals surface area contributed by atoms with Crippen LogP contribution in [0.1, 0.15) is 46.9 Å². The molecule has 5 heterocycles. The number of aliphatic hydroxyl groups is 2. The van der Waals surface area contributed by atoms with Crippen LogP contribution in [0.2, 0.25) is 0 Å². The van der Waals surface area contributed by atoms with Gasteiger partial charge in [0.15, 0.2) is 5.82 Å². The molecule has 10 nitrogen and oxygen atoms in total. The zero-order valence-corrected chi connectivity index (χ0v) is 28.2. The van der Waals surface area contributed by atoms with E-state index in [1.165, 1.54) is 11.1 Å². The van der Waals surface area contributed by atoms with Gasteiger partial charge in [0.05, 0.1) is 23.4 Å². The second kappa shape index (κ2) is 14.3. The Balaban J connectivity index is 1.12. The molecule has 0 amide bonds. The molecule has 0 radical (unpaired) electrons. The van der Waals surface area contributed by atoms with Crippen LogP contribution in [0.4, 0.5) is 11.5 Å². The highest BCUT2D eigenvalue weighted by Crippen LogP contribution is 2.35. The SMILES string of the molecule is Cc1c(Cc2ncnc3cc(CNC[C@H](C)O)cnc23)cccc1-c1cccc(Nc2nccc3cc(CN4CC[C@@H](O)C4)cnc23)c1C. The van der Waals surface area contributed by atoms with Gasteiger partial charge >= 0.3 is 0 Å². The van der Waals surface area contributed by atoms with E-state index in [2.05, 4.69) is 86.8 Å². The first kappa shape index (κ1) is 32.7. The Hall–Kier alpha value is -4.87. The second-order valence-electron chi connectivity index (χ2n) is 13.1. The summed E-state index contributed by atoms with van der Waals surface area (Å²) in [5.74, 6) is 0.719. The molecular formula is C39H42N8O2. The fourth-order valence-corrected chi connectivity index (χ4v) is 6.72. The molecule has 1 aliphatic rings. The Morgan fingerprint density at radius 3 is 2.51 bits per heavy atom. The van der Waals surface area contributed by atoms with E-state index >= 15 is 0 Å². The molecule has 0 bridgehead atoms. The number of hydrogen-bond acceptors (Lipinski definition) is 10. The minimum atomic E-state index is -0.404. The standard InChI is InChI=1S/C39H42N8O2/c1-24(48)17-40-18-27-15-35-38(43-19-27)36(45-23-44-35)16-29-6-4-7-32(25(29)2)33-8-5-9-34(26(33)3)46-39-37-30(10-12-41-39)14-28(20-42-37)21-47-13-11-31(49)22-47/h4-10,12,14-15,19-20,23-24,31,40,48-49H,11,13,16-18,21-22H2,1-3H3,(H,41,46)/t24-,31+/m0/s1. The van der Waals surface area contributed by atoms with E-state index < -0.39 is 6.10 Å². The zero-order chi connectivity index (χ0) is 33.9. The summed E-state index contributed by atoms with van der Waals surface area (Å²) in [7, 11) is 0. The van der Waals surface area contributed by atoms with Gasteiger partial charge < -0.3 is 20.8 Å². The van der Waals surface area contributed by atoms with Crippen molar-refractivity contribution in [1.29, 1.82) is 0 Å². The Kier molecular flexibility index (Phi) is 9.54. The molecular weight excluding hydrogens is 612 g/mol. The number of rotatable bonds is 11. The molecule has 1 saturated heterocycles. The van der Waals surface area contributed by atoms with Crippen LogP contribution in [-0.4, -0.2) is 71.9 Å². The number of aromatic nitrogens is 5. The number of pyridine rings is 3. The van der Waals surface area contributed by atoms with Crippen LogP contribution in [0.25, 0.3) is 33.1 Å². The largest absolute Gasteiger partial charge is 0.392 e. The van der Waals surface area contributed by atoms with Crippen LogP contribution in [0.15, 0.2) is 79.5 Å². The summed E-state index contributed by atoms with van der Waals surface area (Å²) in [6.07, 6.45) is 8.03. The van der Waals surface area contributed by atoms with Crippen molar-refractivity contribution < 1.29 is 10.2 Å². The van der Waals surface area contributed by atoms with Gasteiger partial charge in [0.1, 0.15) is 17.4 Å². The first-order valence-corrected chi connectivity index (χ1v) is 16.9. The quantitative estimate of drug-likeness (QED) is 0.140. The minimum absolute atomic E-state index is 0.236. The average Bonchev–Trinajstić information content (AvgIpc) is 3.50. The fraction of sp³-hybridized carbons (Fsp3) is 0.308. The smallest absolute Gasteiger partial charge is 0.156 e. The number of nitrogens with one attached hydrogen (secondary N) is 2. The molecule has 0 saturated carbocycles. The van der Waals surface area contributed by atoms with Crippen LogP contribution in [0, 0.1) is 13.8 Å². The summed E-state index contributed by atoms with van der Waals surface area (Å²) in [4.78, 5) is 25.6. The first-order valence-electron chi connectivity index (χ1n) is 16.9. The lowest BCUT2D eigenvalue weighted by Gasteiger charge is -2.18. The monoisotopic (exact) mass is 654 g/mol. The molecule has 4 N–H and O–H groups in total. The fourth-order valence-electron chi connectivity index (χ4n) is 6.72. The number of aliphatic hydroxyl groups excluding tert-OH is 2. The highest BCUT2D eigenvalue weighted by atomic mass is 16.3. The predicted molar refractivity (Wildman–Crippen MR) is 194 cm³/mol. The van der Waals surface area contributed by atoms with Crippen LogP contribution in [-0.2, 0) is 19.5 Å². The van der Waals surface area contributed by atoms with Gasteiger partial charge in [0, 0.05) is 68.8 Å². The van der Waals surface area contributed by atoms with Crippen molar-refractivity contribution in [3.8, 4) is 11.1 Å². The van der Waals surface area contributed by atoms with Crippen molar-refractivity contribution in [2.24, 2.45) is 0 Å². The molecule has 7 rings (SSSR count). The van der Waals surface area contributed by atoms with Crippen LogP contribution in [0.3, 0.4) is 0 Å². The lowest BCUT2D eigenvalue weighted by Crippen LogP contribution is -2.23. The van der Waals surface area contributed by atoms with E-state index in [4.69, 9.17) is 9.97 Å². The summed E-state index contributed by atoms with van der Waals surface area (Å²) in [6, 6.07) is 19.0. The molecule has 6 aromatic rings. The third kappa shape index (κ3) is 7.28. The number of fused-ring (bicyclic) bond motifs is 2. The third-order valence-electron chi connectivity index (χ3n) is 9.37. The molecule has 2 atom stereocenters. The summed E-state index contributed by atoms with van der Waals surface area (Å²) < 4.78 is 0. The van der Waals surface area contributed by atoms with Crippen molar-refractivity contribution in [2.75, 3.05) is 25.0 Å². The van der Waals surface area contributed by atoms with Crippen molar-refractivity contribution in [1.82, 2.24) is 35.1 Å². The Labute approximate surface area is 286 Å². The summed E-state index contributed by atoms with van der Waals surface area (Å²) >= 11 is 0. The maximum atomic E-state index is 9.92. The van der Waals surface area contributed by atoms with Gasteiger partial charge in [-0.05, 0) is 90.4 Å². The van der Waals surface area contributed by atoms with E-state index in [1.54, 1.807) is 13.3 Å². The van der Waals surface area contributed by atoms with Crippen LogP contribution < -0.4 is 10.6 Å². The average molecular weight is 655 g/mol. The number of likely N-dealkylation sites (tertiary alicyclic amines) is 1. The molecule has 1 aliphatic heterocycles. The molecule has 4 aromatic heterocycles. The topological polar surface area (TPSA) is 132 Å². The summed E-state index contributed by atoms with van der Waals surface area (Å²) in [6.45, 7) is 9.59. The van der Waals surface area contributed by atoms with Gasteiger partial charge in [-0.2, -0.15) is 0 Å². The summed E-state index contributed by atoms with van der Waals surface area (Å²) in [5, 5.41) is 27.3. The third-order valence-corrected chi connectivity index (χ3v) is 9.37. The van der Waals surface area contributed by atoms with E-state index in [0.717, 1.165) is 86.5 Å². The van der Waals surface area contributed by atoms with Gasteiger partial charge in [-0.1, -0.05) is 30.3 Å². The Bertz CT molecular complexity index is 2120. The van der Waals surface area contributed by atoms with Crippen molar-refractivity contribution >= 4 is 33.4 Å². The normalized spacial score (nSPS) is 15.7. The molecule has 0 spiro atoms. The highest BCUT2D eigenvalue weighted by Gasteiger charge is 2.20. The highest BCUT2D eigenvalue weighted by molar-refractivity contribution is 5.91. The van der Waals surface area contributed by atoms with Crippen LogP contribution in [0.5, 0.6) is 0 Å². The molecule has 1 fully saturated rings. The maximum absolute atomic E-state index is 9.92. The molecule has 250 valence electrons. The lowest BCUT2D eigenvalue weighted by molar-refractivity contribution is 0.175. The van der Waals surface area contributed by atoms with Gasteiger partial charge in [-0.3, -0.25) is 14.9 Å². The van der Waals surface area contributed by atoms with Crippen molar-refractivity contribution in [3.05, 3.63) is 113 Å².